The Bertz CT molecular complexity index is 1510. The lowest BCUT2D eigenvalue weighted by atomic mass is 10.0. The van der Waals surface area contributed by atoms with E-state index in [1.165, 1.54) is 23.5 Å². The highest BCUT2D eigenvalue weighted by Crippen LogP contribution is 2.58. The van der Waals surface area contributed by atoms with Crippen molar-refractivity contribution in [2.45, 2.75) is 63.8 Å². The van der Waals surface area contributed by atoms with Gasteiger partial charge in [-0.2, -0.15) is 4.98 Å². The normalized spacial score (nSPS) is 22.4. The van der Waals surface area contributed by atoms with E-state index in [-0.39, 0.29) is 17.2 Å². The first-order valence-electron chi connectivity index (χ1n) is 12.9. The zero-order chi connectivity index (χ0) is 28.2. The molecule has 3 aromatic heterocycles. The highest BCUT2D eigenvalue weighted by atomic mass is 32.1. The molecule has 0 saturated heterocycles. The minimum atomic E-state index is -4.76. The van der Waals surface area contributed by atoms with E-state index in [4.69, 9.17) is 9.97 Å². The Labute approximate surface area is 231 Å². The number of aryl methyl sites for hydroxylation is 1. The number of thiazole rings is 1. The molecule has 6 rings (SSSR count). The summed E-state index contributed by atoms with van der Waals surface area (Å²) in [6.07, 6.45) is -0.743. The van der Waals surface area contributed by atoms with E-state index in [1.807, 2.05) is 19.9 Å². The van der Waals surface area contributed by atoms with E-state index in [2.05, 4.69) is 25.3 Å². The van der Waals surface area contributed by atoms with Crippen molar-refractivity contribution in [2.24, 2.45) is 5.41 Å². The summed E-state index contributed by atoms with van der Waals surface area (Å²) in [6, 6.07) is 6.72. The molecule has 2 aliphatic rings. The maximum atomic E-state index is 12.5. The van der Waals surface area contributed by atoms with Crippen LogP contribution in [0.2, 0.25) is 0 Å². The molecule has 3 heterocycles. The number of hydrogen-bond acceptors (Lipinski definition) is 10. The van der Waals surface area contributed by atoms with Gasteiger partial charge in [-0.15, -0.1) is 24.5 Å². The number of aliphatic hydroxyl groups excluding tert-OH is 2. The van der Waals surface area contributed by atoms with Gasteiger partial charge in [0.1, 0.15) is 28.2 Å². The van der Waals surface area contributed by atoms with E-state index in [9.17, 15) is 23.4 Å². The van der Waals surface area contributed by atoms with Gasteiger partial charge in [-0.25, -0.2) is 9.97 Å². The zero-order valence-electron chi connectivity index (χ0n) is 21.6. The van der Waals surface area contributed by atoms with E-state index in [1.54, 1.807) is 24.5 Å². The summed E-state index contributed by atoms with van der Waals surface area (Å²) in [4.78, 5) is 18.3. The first-order valence-corrected chi connectivity index (χ1v) is 13.7. The number of aliphatic hydroxyl groups is 2. The molecule has 2 aliphatic carbocycles. The van der Waals surface area contributed by atoms with Crippen molar-refractivity contribution in [3.05, 3.63) is 54.0 Å². The SMILES string of the molecule is Cc1nc(NC(C)c2ccc(OC(F)(F)F)cc2)nc(NC2CC3(CC3)C(O)C2O)c1-c1nc2cnccc2s1. The molecule has 1 aromatic carbocycles. The number of benzene rings is 1. The van der Waals surface area contributed by atoms with Crippen molar-refractivity contribution in [3.63, 3.8) is 0 Å². The highest BCUT2D eigenvalue weighted by molar-refractivity contribution is 7.21. The number of rotatable bonds is 7. The summed E-state index contributed by atoms with van der Waals surface area (Å²) in [5.41, 5.74) is 2.53. The van der Waals surface area contributed by atoms with Crippen LogP contribution >= 0.6 is 11.3 Å². The predicted molar refractivity (Wildman–Crippen MR) is 144 cm³/mol. The Hall–Kier alpha value is -3.55. The second-order valence-electron chi connectivity index (χ2n) is 10.5. The number of pyridine rings is 1. The quantitative estimate of drug-likeness (QED) is 0.236. The summed E-state index contributed by atoms with van der Waals surface area (Å²) >= 11 is 1.48. The molecule has 0 bridgehead atoms. The summed E-state index contributed by atoms with van der Waals surface area (Å²) in [5, 5.41) is 28.7. The molecular formula is C27H27F3N6O3S. The molecule has 0 radical (unpaired) electrons. The second kappa shape index (κ2) is 9.82. The number of aromatic nitrogens is 4. The molecule has 4 unspecified atom stereocenters. The first kappa shape index (κ1) is 26.7. The Morgan fingerprint density at radius 1 is 1.10 bits per heavy atom. The van der Waals surface area contributed by atoms with Gasteiger partial charge >= 0.3 is 6.36 Å². The third-order valence-corrected chi connectivity index (χ3v) is 8.71. The van der Waals surface area contributed by atoms with Gasteiger partial charge in [0, 0.05) is 11.6 Å². The van der Waals surface area contributed by atoms with E-state index >= 15 is 0 Å². The summed E-state index contributed by atoms with van der Waals surface area (Å²) in [6.45, 7) is 3.68. The van der Waals surface area contributed by atoms with Crippen LogP contribution in [0, 0.1) is 12.3 Å². The monoisotopic (exact) mass is 572 g/mol. The number of nitrogens with zero attached hydrogens (tertiary/aromatic N) is 4. The maximum absolute atomic E-state index is 12.5. The zero-order valence-corrected chi connectivity index (χ0v) is 22.4. The smallest absolute Gasteiger partial charge is 0.406 e. The second-order valence-corrected chi connectivity index (χ2v) is 11.5. The first-order chi connectivity index (χ1) is 19.0. The molecule has 4 atom stereocenters. The maximum Gasteiger partial charge on any atom is 0.573 e. The molecule has 4 N–H and O–H groups in total. The Balaban J connectivity index is 1.31. The molecular weight excluding hydrogens is 545 g/mol. The summed E-state index contributed by atoms with van der Waals surface area (Å²) in [7, 11) is 0. The molecule has 0 aliphatic heterocycles. The van der Waals surface area contributed by atoms with E-state index in [0.29, 0.717) is 40.0 Å². The lowest BCUT2D eigenvalue weighted by Gasteiger charge is -2.22. The molecule has 2 fully saturated rings. The average molecular weight is 573 g/mol. The van der Waals surface area contributed by atoms with Gasteiger partial charge in [-0.05, 0) is 56.9 Å². The topological polar surface area (TPSA) is 125 Å². The Kier molecular flexibility index (Phi) is 6.55. The average Bonchev–Trinajstić information content (AvgIpc) is 3.49. The molecule has 13 heteroatoms. The lowest BCUT2D eigenvalue weighted by molar-refractivity contribution is -0.274. The molecule has 2 saturated carbocycles. The minimum Gasteiger partial charge on any atom is -0.406 e. The standard InChI is InChI=1S/C27H27F3N6O3S/c1-13(15-3-5-16(6-4-15)39-27(28,29)30)32-25-33-14(2)20(24-35-18-12-31-10-7-19(18)40-24)23(36-25)34-17-11-26(8-9-26)22(38)21(17)37/h3-7,10,12-13,17,21-22,37-38H,8-9,11H2,1-2H3,(H2,32,33,34,36). The van der Waals surface area contributed by atoms with Crippen molar-refractivity contribution < 1.29 is 28.1 Å². The molecule has 1 spiro atoms. The fourth-order valence-corrected chi connectivity index (χ4v) is 6.38. The fourth-order valence-electron chi connectivity index (χ4n) is 5.35. The van der Waals surface area contributed by atoms with Crippen LogP contribution in [0.5, 0.6) is 5.75 Å². The van der Waals surface area contributed by atoms with Crippen LogP contribution in [0.1, 0.15) is 43.5 Å². The number of halogens is 3. The van der Waals surface area contributed by atoms with Crippen molar-refractivity contribution in [3.8, 4) is 16.3 Å². The number of nitrogens with one attached hydrogen (secondary N) is 2. The Morgan fingerprint density at radius 2 is 1.85 bits per heavy atom. The Morgan fingerprint density at radius 3 is 2.50 bits per heavy atom. The fraction of sp³-hybridized carbons (Fsp3) is 0.407. The number of hydrogen-bond donors (Lipinski definition) is 4. The van der Waals surface area contributed by atoms with Gasteiger partial charge in [-0.3, -0.25) is 4.98 Å². The van der Waals surface area contributed by atoms with Crippen molar-refractivity contribution in [1.29, 1.82) is 0 Å². The third-order valence-electron chi connectivity index (χ3n) is 7.66. The molecule has 9 nitrogen and oxygen atoms in total. The van der Waals surface area contributed by atoms with Gasteiger partial charge in [0.25, 0.3) is 0 Å². The lowest BCUT2D eigenvalue weighted by Crippen LogP contribution is -2.35. The van der Waals surface area contributed by atoms with Gasteiger partial charge in [0.15, 0.2) is 0 Å². The number of alkyl halides is 3. The van der Waals surface area contributed by atoms with Crippen molar-refractivity contribution in [2.75, 3.05) is 10.6 Å². The predicted octanol–water partition coefficient (Wildman–Crippen LogP) is 5.21. The van der Waals surface area contributed by atoms with E-state index in [0.717, 1.165) is 23.1 Å². The number of ether oxygens (including phenoxy) is 1. The van der Waals surface area contributed by atoms with Crippen molar-refractivity contribution in [1.82, 2.24) is 19.9 Å². The van der Waals surface area contributed by atoms with Crippen LogP contribution in [-0.2, 0) is 0 Å². The van der Waals surface area contributed by atoms with Gasteiger partial charge in [-0.1, -0.05) is 12.1 Å². The molecule has 0 amide bonds. The van der Waals surface area contributed by atoms with Crippen LogP contribution in [-0.4, -0.2) is 54.8 Å². The summed E-state index contributed by atoms with van der Waals surface area (Å²) in [5.74, 6) is 0.462. The largest absolute Gasteiger partial charge is 0.573 e. The van der Waals surface area contributed by atoms with Gasteiger partial charge in [0.05, 0.1) is 40.3 Å². The van der Waals surface area contributed by atoms with Gasteiger partial charge < -0.3 is 25.6 Å². The third kappa shape index (κ3) is 5.16. The van der Waals surface area contributed by atoms with Crippen LogP contribution in [0.15, 0.2) is 42.7 Å². The van der Waals surface area contributed by atoms with Crippen LogP contribution in [0.4, 0.5) is 24.9 Å². The van der Waals surface area contributed by atoms with Crippen LogP contribution in [0.25, 0.3) is 20.8 Å². The van der Waals surface area contributed by atoms with Crippen LogP contribution < -0.4 is 15.4 Å². The number of fused-ring (bicyclic) bond motifs is 1. The molecule has 40 heavy (non-hydrogen) atoms. The van der Waals surface area contributed by atoms with Crippen LogP contribution in [0.3, 0.4) is 0 Å². The van der Waals surface area contributed by atoms with Crippen molar-refractivity contribution >= 4 is 33.3 Å². The summed E-state index contributed by atoms with van der Waals surface area (Å²) < 4.78 is 42.5. The molecule has 4 aromatic rings. The highest BCUT2D eigenvalue weighted by Gasteiger charge is 2.59. The van der Waals surface area contributed by atoms with E-state index < -0.39 is 24.6 Å². The molecule has 210 valence electrons. The number of anilines is 2. The van der Waals surface area contributed by atoms with Gasteiger partial charge in [0.2, 0.25) is 5.95 Å². The minimum absolute atomic E-state index is 0.252.